The van der Waals surface area contributed by atoms with Crippen LogP contribution in [0.1, 0.15) is 46.0 Å². The molecule has 1 aliphatic rings. The van der Waals surface area contributed by atoms with Crippen molar-refractivity contribution in [2.24, 2.45) is 10.9 Å². The summed E-state index contributed by atoms with van der Waals surface area (Å²) >= 11 is 0. The molecular weight excluding hydrogens is 181 g/mol. The highest BCUT2D eigenvalue weighted by molar-refractivity contribution is 5.34. The highest BCUT2D eigenvalue weighted by atomic mass is 19.1. The molecule has 0 aromatic heterocycles. The van der Waals surface area contributed by atoms with Crippen LogP contribution in [0.4, 0.5) is 4.39 Å². The zero-order valence-corrected chi connectivity index (χ0v) is 8.92. The number of alkyl halides is 1. The molecule has 0 aromatic rings. The molecule has 0 heterocycles. The van der Waals surface area contributed by atoms with Crippen molar-refractivity contribution in [3.63, 3.8) is 0 Å². The molecule has 1 saturated carbocycles. The van der Waals surface area contributed by atoms with Crippen molar-refractivity contribution in [1.29, 1.82) is 0 Å². The highest BCUT2D eigenvalue weighted by Gasteiger charge is 2.36. The molecule has 0 aromatic carbocycles. The smallest absolute Gasteiger partial charge is 0.235 e. The van der Waals surface area contributed by atoms with E-state index in [4.69, 9.17) is 0 Å². The summed E-state index contributed by atoms with van der Waals surface area (Å²) in [5, 5.41) is 0. The van der Waals surface area contributed by atoms with Gasteiger partial charge in [-0.3, -0.25) is 0 Å². The molecule has 0 radical (unpaired) electrons. The molecule has 80 valence electrons. The van der Waals surface area contributed by atoms with Gasteiger partial charge in [-0.1, -0.05) is 19.3 Å². The van der Waals surface area contributed by atoms with E-state index in [0.717, 1.165) is 25.7 Å². The lowest BCUT2D eigenvalue weighted by Crippen LogP contribution is -2.37. The van der Waals surface area contributed by atoms with Gasteiger partial charge in [0.25, 0.3) is 0 Å². The topological polar surface area (TPSA) is 29.4 Å². The van der Waals surface area contributed by atoms with Crippen molar-refractivity contribution in [3.8, 4) is 0 Å². The van der Waals surface area contributed by atoms with E-state index in [-0.39, 0.29) is 5.92 Å². The molecular formula is C11H18FNO. The van der Waals surface area contributed by atoms with E-state index in [1.54, 1.807) is 0 Å². The molecule has 0 spiro atoms. The highest BCUT2D eigenvalue weighted by Crippen LogP contribution is 2.34. The molecule has 0 amide bonds. The summed E-state index contributed by atoms with van der Waals surface area (Å²) in [4.78, 5) is 13.9. The average Bonchev–Trinajstić information content (AvgIpc) is 2.14. The van der Waals surface area contributed by atoms with Crippen LogP contribution in [0, 0.1) is 5.92 Å². The molecule has 0 N–H and O–H groups in total. The first-order chi connectivity index (χ1) is 6.55. The van der Waals surface area contributed by atoms with E-state index in [2.05, 4.69) is 4.99 Å². The van der Waals surface area contributed by atoms with E-state index in [0.29, 0.717) is 0 Å². The van der Waals surface area contributed by atoms with E-state index in [1.807, 2.05) is 0 Å². The second-order valence-electron chi connectivity index (χ2n) is 4.63. The fourth-order valence-electron chi connectivity index (χ4n) is 2.33. The number of nitrogens with zero attached hydrogens (tertiary/aromatic N) is 1. The van der Waals surface area contributed by atoms with Gasteiger partial charge >= 0.3 is 0 Å². The van der Waals surface area contributed by atoms with Crippen LogP contribution < -0.4 is 0 Å². The third-order valence-corrected chi connectivity index (χ3v) is 2.99. The number of isocyanates is 1. The fraction of sp³-hybridized carbons (Fsp3) is 0.909. The fourth-order valence-corrected chi connectivity index (χ4v) is 2.33. The van der Waals surface area contributed by atoms with Crippen LogP contribution in [-0.2, 0) is 4.79 Å². The Morgan fingerprint density at radius 2 is 1.93 bits per heavy atom. The van der Waals surface area contributed by atoms with Crippen molar-refractivity contribution in [3.05, 3.63) is 0 Å². The van der Waals surface area contributed by atoms with Gasteiger partial charge in [0.1, 0.15) is 5.67 Å². The third-order valence-electron chi connectivity index (χ3n) is 2.99. The Morgan fingerprint density at radius 1 is 1.36 bits per heavy atom. The minimum Gasteiger partial charge on any atom is -0.242 e. The van der Waals surface area contributed by atoms with Gasteiger partial charge < -0.3 is 0 Å². The lowest BCUT2D eigenvalue weighted by Gasteiger charge is -2.32. The van der Waals surface area contributed by atoms with Crippen LogP contribution in [0.15, 0.2) is 4.99 Å². The maximum absolute atomic E-state index is 13.8. The van der Waals surface area contributed by atoms with Crippen LogP contribution >= 0.6 is 0 Å². The zero-order chi connectivity index (χ0) is 10.6. The molecule has 1 rings (SSSR count). The van der Waals surface area contributed by atoms with Crippen molar-refractivity contribution in [2.75, 3.05) is 0 Å². The SMILES string of the molecule is CC(C)(F)C(N=C=O)C1CCCCC1. The van der Waals surface area contributed by atoms with Crippen LogP contribution in [0.3, 0.4) is 0 Å². The second-order valence-corrected chi connectivity index (χ2v) is 4.63. The molecule has 0 bridgehead atoms. The average molecular weight is 199 g/mol. The summed E-state index contributed by atoms with van der Waals surface area (Å²) in [6, 6.07) is -0.500. The molecule has 1 fully saturated rings. The second kappa shape index (κ2) is 4.70. The molecule has 1 aliphatic carbocycles. The summed E-state index contributed by atoms with van der Waals surface area (Å²) in [5.41, 5.74) is -1.40. The normalized spacial score (nSPS) is 21.4. The van der Waals surface area contributed by atoms with Gasteiger partial charge in [-0.15, -0.1) is 0 Å². The largest absolute Gasteiger partial charge is 0.242 e. The molecule has 14 heavy (non-hydrogen) atoms. The molecule has 2 nitrogen and oxygen atoms in total. The Balaban J connectivity index is 2.70. The molecule has 0 aliphatic heterocycles. The van der Waals surface area contributed by atoms with Gasteiger partial charge in [0.2, 0.25) is 6.08 Å². The van der Waals surface area contributed by atoms with Crippen molar-refractivity contribution in [2.45, 2.75) is 57.7 Å². The predicted octanol–water partition coefficient (Wildman–Crippen LogP) is 3.02. The minimum absolute atomic E-state index is 0.227. The van der Waals surface area contributed by atoms with Crippen molar-refractivity contribution in [1.82, 2.24) is 0 Å². The molecule has 1 atom stereocenters. The van der Waals surface area contributed by atoms with Gasteiger partial charge in [-0.05, 0) is 32.6 Å². The first-order valence-electron chi connectivity index (χ1n) is 5.31. The standard InChI is InChI=1S/C11H18FNO/c1-11(2,12)10(13-8-14)9-6-4-3-5-7-9/h9-10H,3-7H2,1-2H3. The van der Waals surface area contributed by atoms with Gasteiger partial charge in [0.15, 0.2) is 0 Å². The van der Waals surface area contributed by atoms with E-state index < -0.39 is 11.7 Å². The summed E-state index contributed by atoms with van der Waals surface area (Å²) in [6.07, 6.45) is 6.97. The number of carbonyl (C=O) groups excluding carboxylic acids is 1. The lowest BCUT2D eigenvalue weighted by atomic mass is 9.79. The number of aliphatic imine (C=N–C) groups is 1. The molecule has 3 heteroatoms. The quantitative estimate of drug-likeness (QED) is 0.507. The number of hydrogen-bond donors (Lipinski definition) is 0. The van der Waals surface area contributed by atoms with Crippen LogP contribution in [0.25, 0.3) is 0 Å². The van der Waals surface area contributed by atoms with Gasteiger partial charge in [0.05, 0.1) is 6.04 Å². The number of halogens is 1. The Bertz CT molecular complexity index is 222. The summed E-state index contributed by atoms with van der Waals surface area (Å²) < 4.78 is 13.8. The Kier molecular flexibility index (Phi) is 3.82. The Hall–Kier alpha value is -0.690. The monoisotopic (exact) mass is 199 g/mol. The lowest BCUT2D eigenvalue weighted by molar-refractivity contribution is 0.118. The van der Waals surface area contributed by atoms with Crippen LogP contribution in [-0.4, -0.2) is 17.8 Å². The number of rotatable bonds is 3. The summed E-state index contributed by atoms with van der Waals surface area (Å²) in [5.74, 6) is 0.227. The first kappa shape index (κ1) is 11.4. The Labute approximate surface area is 84.6 Å². The van der Waals surface area contributed by atoms with Gasteiger partial charge in [-0.2, -0.15) is 4.99 Å². The summed E-state index contributed by atoms with van der Waals surface area (Å²) in [6.45, 7) is 2.99. The van der Waals surface area contributed by atoms with E-state index in [1.165, 1.54) is 26.3 Å². The maximum atomic E-state index is 13.8. The summed E-state index contributed by atoms with van der Waals surface area (Å²) in [7, 11) is 0. The number of hydrogen-bond acceptors (Lipinski definition) is 2. The third kappa shape index (κ3) is 2.91. The predicted molar refractivity (Wildman–Crippen MR) is 53.7 cm³/mol. The van der Waals surface area contributed by atoms with E-state index in [9.17, 15) is 9.18 Å². The van der Waals surface area contributed by atoms with Gasteiger partial charge in [-0.25, -0.2) is 9.18 Å². The van der Waals surface area contributed by atoms with Crippen LogP contribution in [0.5, 0.6) is 0 Å². The molecule has 0 saturated heterocycles. The minimum atomic E-state index is -1.40. The first-order valence-corrected chi connectivity index (χ1v) is 5.31. The van der Waals surface area contributed by atoms with Crippen molar-refractivity contribution < 1.29 is 9.18 Å². The van der Waals surface area contributed by atoms with E-state index >= 15 is 0 Å². The molecule has 1 unspecified atom stereocenters. The zero-order valence-electron chi connectivity index (χ0n) is 8.92. The van der Waals surface area contributed by atoms with Crippen molar-refractivity contribution >= 4 is 6.08 Å². The van der Waals surface area contributed by atoms with Crippen LogP contribution in [0.2, 0.25) is 0 Å². The van der Waals surface area contributed by atoms with Gasteiger partial charge in [0, 0.05) is 0 Å². The maximum Gasteiger partial charge on any atom is 0.235 e. The Morgan fingerprint density at radius 3 is 2.36 bits per heavy atom.